The van der Waals surface area contributed by atoms with Crippen molar-refractivity contribution in [1.82, 2.24) is 10.2 Å². The van der Waals surface area contributed by atoms with Crippen molar-refractivity contribution in [2.75, 3.05) is 26.8 Å². The topological polar surface area (TPSA) is 41.6 Å². The SMILES string of the molecule is CN(CCC1CC1)C(=O)NC1CCOCCC1(F)F. The molecule has 6 heteroatoms. The van der Waals surface area contributed by atoms with Crippen molar-refractivity contribution in [3.05, 3.63) is 0 Å². The minimum Gasteiger partial charge on any atom is -0.381 e. The molecule has 19 heavy (non-hydrogen) atoms. The fourth-order valence-corrected chi connectivity index (χ4v) is 2.22. The molecule has 0 aromatic rings. The van der Waals surface area contributed by atoms with E-state index in [1.54, 1.807) is 7.05 Å². The number of amides is 2. The third-order valence-corrected chi connectivity index (χ3v) is 3.85. The first-order valence-electron chi connectivity index (χ1n) is 6.96. The number of halogens is 2. The predicted molar refractivity (Wildman–Crippen MR) is 67.3 cm³/mol. The molecule has 0 spiro atoms. The summed E-state index contributed by atoms with van der Waals surface area (Å²) >= 11 is 0. The molecule has 0 radical (unpaired) electrons. The van der Waals surface area contributed by atoms with Gasteiger partial charge < -0.3 is 15.0 Å². The van der Waals surface area contributed by atoms with Gasteiger partial charge in [0.25, 0.3) is 5.92 Å². The molecule has 1 saturated heterocycles. The summed E-state index contributed by atoms with van der Waals surface area (Å²) in [7, 11) is 1.66. The average Bonchev–Trinajstić information content (AvgIpc) is 3.17. The number of alkyl halides is 2. The Morgan fingerprint density at radius 2 is 2.11 bits per heavy atom. The molecule has 2 amide bonds. The molecule has 1 saturated carbocycles. The van der Waals surface area contributed by atoms with Crippen LogP contribution in [-0.4, -0.2) is 49.7 Å². The first-order chi connectivity index (χ1) is 8.99. The largest absolute Gasteiger partial charge is 0.381 e. The highest BCUT2D eigenvalue weighted by Crippen LogP contribution is 2.32. The van der Waals surface area contributed by atoms with E-state index in [4.69, 9.17) is 4.74 Å². The molecule has 1 aliphatic heterocycles. The van der Waals surface area contributed by atoms with Gasteiger partial charge in [-0.05, 0) is 18.8 Å². The normalized spacial score (nSPS) is 26.6. The summed E-state index contributed by atoms with van der Waals surface area (Å²) in [6.07, 6.45) is 3.26. The maximum absolute atomic E-state index is 13.8. The molecule has 0 aromatic heterocycles. The maximum atomic E-state index is 13.8. The van der Waals surface area contributed by atoms with Gasteiger partial charge in [0.2, 0.25) is 0 Å². The molecule has 1 heterocycles. The lowest BCUT2D eigenvalue weighted by atomic mass is 10.1. The van der Waals surface area contributed by atoms with Gasteiger partial charge in [0.05, 0.1) is 12.6 Å². The first kappa shape index (κ1) is 14.5. The van der Waals surface area contributed by atoms with E-state index in [0.717, 1.165) is 12.3 Å². The highest BCUT2D eigenvalue weighted by atomic mass is 19.3. The predicted octanol–water partition coefficient (Wildman–Crippen LogP) is 2.24. The quantitative estimate of drug-likeness (QED) is 0.855. The van der Waals surface area contributed by atoms with E-state index in [1.165, 1.54) is 17.7 Å². The van der Waals surface area contributed by atoms with E-state index in [2.05, 4.69) is 5.32 Å². The van der Waals surface area contributed by atoms with E-state index < -0.39 is 18.0 Å². The number of rotatable bonds is 4. The second-order valence-electron chi connectivity index (χ2n) is 5.57. The van der Waals surface area contributed by atoms with Crippen LogP contribution < -0.4 is 5.32 Å². The minimum absolute atomic E-state index is 0.0525. The van der Waals surface area contributed by atoms with Gasteiger partial charge in [-0.15, -0.1) is 0 Å². The molecule has 0 bridgehead atoms. The zero-order valence-electron chi connectivity index (χ0n) is 11.3. The van der Waals surface area contributed by atoms with Gasteiger partial charge in [0.15, 0.2) is 0 Å². The lowest BCUT2D eigenvalue weighted by Gasteiger charge is -2.27. The number of hydrogen-bond donors (Lipinski definition) is 1. The van der Waals surface area contributed by atoms with Crippen molar-refractivity contribution < 1.29 is 18.3 Å². The molecule has 0 aromatic carbocycles. The van der Waals surface area contributed by atoms with Gasteiger partial charge in [-0.1, -0.05) is 12.8 Å². The molecule has 4 nitrogen and oxygen atoms in total. The van der Waals surface area contributed by atoms with Gasteiger partial charge in [0.1, 0.15) is 0 Å². The number of urea groups is 1. The number of nitrogens with zero attached hydrogens (tertiary/aromatic N) is 1. The second-order valence-corrected chi connectivity index (χ2v) is 5.57. The Morgan fingerprint density at radius 3 is 2.79 bits per heavy atom. The summed E-state index contributed by atoms with van der Waals surface area (Å²) in [5.41, 5.74) is 0. The summed E-state index contributed by atoms with van der Waals surface area (Å²) < 4.78 is 32.6. The summed E-state index contributed by atoms with van der Waals surface area (Å²) in [6, 6.07) is -1.53. The van der Waals surface area contributed by atoms with Gasteiger partial charge in [-0.3, -0.25) is 0 Å². The van der Waals surface area contributed by atoms with Gasteiger partial charge in [0, 0.05) is 26.6 Å². The van der Waals surface area contributed by atoms with Gasteiger partial charge >= 0.3 is 6.03 Å². The zero-order chi connectivity index (χ0) is 13.9. The Morgan fingerprint density at radius 1 is 1.37 bits per heavy atom. The van der Waals surface area contributed by atoms with Crippen LogP contribution in [0, 0.1) is 5.92 Å². The molecular formula is C13H22F2N2O2. The average molecular weight is 276 g/mol. The van der Waals surface area contributed by atoms with Crippen molar-refractivity contribution in [3.8, 4) is 0 Å². The smallest absolute Gasteiger partial charge is 0.317 e. The summed E-state index contributed by atoms with van der Waals surface area (Å²) in [5.74, 6) is -2.16. The van der Waals surface area contributed by atoms with Crippen molar-refractivity contribution in [1.29, 1.82) is 0 Å². The Labute approximate surface area is 112 Å². The van der Waals surface area contributed by atoms with Crippen LogP contribution >= 0.6 is 0 Å². The Hall–Kier alpha value is -0.910. The number of nitrogens with one attached hydrogen (secondary N) is 1. The molecule has 2 rings (SSSR count). The van der Waals surface area contributed by atoms with Crippen LogP contribution in [0.1, 0.15) is 32.1 Å². The van der Waals surface area contributed by atoms with Crippen molar-refractivity contribution >= 4 is 6.03 Å². The number of carbonyl (C=O) groups excluding carboxylic acids is 1. The van der Waals surface area contributed by atoms with Gasteiger partial charge in [-0.2, -0.15) is 0 Å². The van der Waals surface area contributed by atoms with Crippen molar-refractivity contribution in [2.45, 2.75) is 44.1 Å². The van der Waals surface area contributed by atoms with E-state index in [1.807, 2.05) is 0 Å². The molecule has 110 valence electrons. The fraction of sp³-hybridized carbons (Fsp3) is 0.923. The standard InChI is InChI=1S/C13H22F2N2O2/c1-17(7-4-10-2-3-10)12(18)16-11-5-8-19-9-6-13(11,14)15/h10-11H,2-9H2,1H3,(H,16,18). The molecule has 2 fully saturated rings. The maximum Gasteiger partial charge on any atom is 0.317 e. The van der Waals surface area contributed by atoms with E-state index in [-0.39, 0.29) is 26.1 Å². The van der Waals surface area contributed by atoms with Crippen molar-refractivity contribution in [2.24, 2.45) is 5.92 Å². The Kier molecular flexibility index (Phi) is 4.60. The first-order valence-corrected chi connectivity index (χ1v) is 6.96. The molecular weight excluding hydrogens is 254 g/mol. The molecule has 2 aliphatic rings. The van der Waals surface area contributed by atoms with Crippen LogP contribution in [0.15, 0.2) is 0 Å². The van der Waals surface area contributed by atoms with E-state index >= 15 is 0 Å². The lowest BCUT2D eigenvalue weighted by Crippen LogP contribution is -2.51. The fourth-order valence-electron chi connectivity index (χ4n) is 2.22. The van der Waals surface area contributed by atoms with Crippen LogP contribution in [0.3, 0.4) is 0 Å². The second kappa shape index (κ2) is 6.03. The molecule has 1 aliphatic carbocycles. The Balaban J connectivity index is 1.81. The zero-order valence-corrected chi connectivity index (χ0v) is 11.3. The number of carbonyl (C=O) groups is 1. The summed E-state index contributed by atoms with van der Waals surface area (Å²) in [4.78, 5) is 13.4. The third-order valence-electron chi connectivity index (χ3n) is 3.85. The molecule has 1 atom stereocenters. The van der Waals surface area contributed by atoms with E-state index in [0.29, 0.717) is 6.54 Å². The van der Waals surface area contributed by atoms with Crippen LogP contribution in [0.25, 0.3) is 0 Å². The van der Waals surface area contributed by atoms with Crippen molar-refractivity contribution in [3.63, 3.8) is 0 Å². The summed E-state index contributed by atoms with van der Waals surface area (Å²) in [5, 5.41) is 2.45. The minimum atomic E-state index is -2.89. The van der Waals surface area contributed by atoms with E-state index in [9.17, 15) is 13.6 Å². The number of ether oxygens (including phenoxy) is 1. The highest BCUT2D eigenvalue weighted by Gasteiger charge is 2.41. The van der Waals surface area contributed by atoms with Crippen LogP contribution in [0.5, 0.6) is 0 Å². The molecule has 1 N–H and O–H groups in total. The Bertz CT molecular complexity index is 322. The third kappa shape index (κ3) is 4.30. The highest BCUT2D eigenvalue weighted by molar-refractivity contribution is 5.74. The number of hydrogen-bond acceptors (Lipinski definition) is 2. The lowest BCUT2D eigenvalue weighted by molar-refractivity contribution is -0.0414. The molecule has 1 unspecified atom stereocenters. The van der Waals surface area contributed by atoms with Crippen LogP contribution in [-0.2, 0) is 4.74 Å². The summed E-state index contributed by atoms with van der Waals surface area (Å²) in [6.45, 7) is 0.953. The monoisotopic (exact) mass is 276 g/mol. The van der Waals surface area contributed by atoms with Gasteiger partial charge in [-0.25, -0.2) is 13.6 Å². The van der Waals surface area contributed by atoms with Crippen LogP contribution in [0.4, 0.5) is 13.6 Å². The van der Waals surface area contributed by atoms with Crippen LogP contribution in [0.2, 0.25) is 0 Å².